The van der Waals surface area contributed by atoms with Crippen molar-refractivity contribution in [1.29, 1.82) is 0 Å². The standard InChI is InChI=1S/C20H25ClFN5O/c1-12-10-18(27(2)3)26-20(23-12)25-15-7-5-14(6-8-15)24-19(28)13-4-9-16(21)17(22)11-13/h4,9-11,14-15H,5-8H2,1-3H3,(H,24,28)(H,23,25,26)/t14-,15+. The number of carbonyl (C=O) groups is 1. The molecule has 0 atom stereocenters. The van der Waals surface area contributed by atoms with Gasteiger partial charge in [0.25, 0.3) is 5.91 Å². The summed E-state index contributed by atoms with van der Waals surface area (Å²) in [4.78, 5) is 23.3. The highest BCUT2D eigenvalue weighted by Crippen LogP contribution is 2.23. The number of amides is 1. The zero-order chi connectivity index (χ0) is 20.3. The van der Waals surface area contributed by atoms with E-state index < -0.39 is 5.82 Å². The SMILES string of the molecule is Cc1cc(N(C)C)nc(N[C@H]2CC[C@@H](NC(=O)c3ccc(Cl)c(F)c3)CC2)n1. The van der Waals surface area contributed by atoms with Crippen molar-refractivity contribution in [3.05, 3.63) is 46.4 Å². The molecule has 8 heteroatoms. The van der Waals surface area contributed by atoms with Crippen LogP contribution in [0.25, 0.3) is 0 Å². The Morgan fingerprint density at radius 2 is 1.82 bits per heavy atom. The van der Waals surface area contributed by atoms with Crippen molar-refractivity contribution < 1.29 is 9.18 Å². The van der Waals surface area contributed by atoms with Crippen LogP contribution in [-0.4, -0.2) is 42.1 Å². The monoisotopic (exact) mass is 405 g/mol. The molecule has 0 saturated heterocycles. The molecular weight excluding hydrogens is 381 g/mol. The van der Waals surface area contributed by atoms with E-state index in [0.29, 0.717) is 5.95 Å². The summed E-state index contributed by atoms with van der Waals surface area (Å²) in [5.74, 6) is 0.640. The summed E-state index contributed by atoms with van der Waals surface area (Å²) in [6, 6.07) is 6.37. The predicted octanol–water partition coefficient (Wildman–Crippen LogP) is 3.80. The minimum Gasteiger partial charge on any atom is -0.363 e. The molecule has 3 rings (SSSR count). The lowest BCUT2D eigenvalue weighted by molar-refractivity contribution is 0.0926. The van der Waals surface area contributed by atoms with E-state index >= 15 is 0 Å². The van der Waals surface area contributed by atoms with Crippen LogP contribution in [0.2, 0.25) is 5.02 Å². The van der Waals surface area contributed by atoms with Crippen molar-refractivity contribution >= 4 is 29.3 Å². The number of rotatable bonds is 5. The molecule has 0 radical (unpaired) electrons. The molecular formula is C20H25ClFN5O. The molecule has 1 aliphatic rings. The van der Waals surface area contributed by atoms with Gasteiger partial charge < -0.3 is 15.5 Å². The van der Waals surface area contributed by atoms with Crippen molar-refractivity contribution in [2.75, 3.05) is 24.3 Å². The third-order valence-electron chi connectivity index (χ3n) is 4.88. The van der Waals surface area contributed by atoms with Gasteiger partial charge in [-0.25, -0.2) is 9.37 Å². The predicted molar refractivity (Wildman–Crippen MR) is 110 cm³/mol. The minimum atomic E-state index is -0.586. The Morgan fingerprint density at radius 3 is 2.46 bits per heavy atom. The van der Waals surface area contributed by atoms with E-state index in [1.54, 1.807) is 0 Å². The molecule has 0 unspecified atom stereocenters. The van der Waals surface area contributed by atoms with Crippen LogP contribution in [0.5, 0.6) is 0 Å². The van der Waals surface area contributed by atoms with Gasteiger partial charge in [0.2, 0.25) is 5.95 Å². The largest absolute Gasteiger partial charge is 0.363 e. The van der Waals surface area contributed by atoms with Crippen LogP contribution < -0.4 is 15.5 Å². The number of carbonyl (C=O) groups excluding carboxylic acids is 1. The molecule has 2 aromatic rings. The van der Waals surface area contributed by atoms with Crippen LogP contribution in [0.15, 0.2) is 24.3 Å². The first-order valence-corrected chi connectivity index (χ1v) is 9.75. The summed E-state index contributed by atoms with van der Waals surface area (Å²) in [7, 11) is 3.90. The molecule has 1 amide bonds. The van der Waals surface area contributed by atoms with Crippen LogP contribution in [0.1, 0.15) is 41.7 Å². The van der Waals surface area contributed by atoms with Crippen LogP contribution in [0.4, 0.5) is 16.2 Å². The smallest absolute Gasteiger partial charge is 0.251 e. The fourth-order valence-corrected chi connectivity index (χ4v) is 3.43. The molecule has 1 saturated carbocycles. The number of benzene rings is 1. The fraction of sp³-hybridized carbons (Fsp3) is 0.450. The zero-order valence-electron chi connectivity index (χ0n) is 16.3. The van der Waals surface area contributed by atoms with Crippen LogP contribution >= 0.6 is 11.6 Å². The van der Waals surface area contributed by atoms with Crippen LogP contribution in [0.3, 0.4) is 0 Å². The summed E-state index contributed by atoms with van der Waals surface area (Å²) in [5.41, 5.74) is 1.20. The summed E-state index contributed by atoms with van der Waals surface area (Å²) >= 11 is 5.67. The van der Waals surface area contributed by atoms with Crippen molar-refractivity contribution in [3.63, 3.8) is 0 Å². The van der Waals surface area contributed by atoms with E-state index in [0.717, 1.165) is 37.2 Å². The first kappa shape index (κ1) is 20.3. The number of anilines is 2. The summed E-state index contributed by atoms with van der Waals surface area (Å²) in [6.07, 6.45) is 3.47. The highest BCUT2D eigenvalue weighted by molar-refractivity contribution is 6.30. The van der Waals surface area contributed by atoms with Crippen LogP contribution in [-0.2, 0) is 0 Å². The molecule has 2 N–H and O–H groups in total. The van der Waals surface area contributed by atoms with Crippen molar-refractivity contribution in [2.45, 2.75) is 44.7 Å². The quantitative estimate of drug-likeness (QED) is 0.791. The Kier molecular flexibility index (Phi) is 6.34. The Hall–Kier alpha value is -2.41. The maximum atomic E-state index is 13.5. The number of halogens is 2. The molecule has 0 spiro atoms. The van der Waals surface area contributed by atoms with Gasteiger partial charge in [-0.1, -0.05) is 11.6 Å². The van der Waals surface area contributed by atoms with Crippen LogP contribution in [0, 0.1) is 12.7 Å². The Balaban J connectivity index is 1.53. The second kappa shape index (κ2) is 8.73. The summed E-state index contributed by atoms with van der Waals surface area (Å²) in [6.45, 7) is 1.95. The van der Waals surface area contributed by atoms with Gasteiger partial charge in [0.05, 0.1) is 5.02 Å². The highest BCUT2D eigenvalue weighted by atomic mass is 35.5. The number of aromatic nitrogens is 2. The molecule has 0 aliphatic heterocycles. The van der Waals surface area contributed by atoms with Gasteiger partial charge in [-0.15, -0.1) is 0 Å². The van der Waals surface area contributed by atoms with Crippen molar-refractivity contribution in [2.24, 2.45) is 0 Å². The second-order valence-corrected chi connectivity index (χ2v) is 7.79. The summed E-state index contributed by atoms with van der Waals surface area (Å²) in [5, 5.41) is 6.41. The number of hydrogen-bond donors (Lipinski definition) is 2. The van der Waals surface area contributed by atoms with Crippen molar-refractivity contribution in [3.8, 4) is 0 Å². The van der Waals surface area contributed by atoms with E-state index in [1.807, 2.05) is 32.0 Å². The lowest BCUT2D eigenvalue weighted by atomic mass is 9.91. The molecule has 1 heterocycles. The van der Waals surface area contributed by atoms with E-state index in [4.69, 9.17) is 11.6 Å². The number of nitrogens with zero attached hydrogens (tertiary/aromatic N) is 3. The van der Waals surface area contributed by atoms with Gasteiger partial charge in [0.1, 0.15) is 11.6 Å². The highest BCUT2D eigenvalue weighted by Gasteiger charge is 2.23. The van der Waals surface area contributed by atoms with Gasteiger partial charge in [-0.05, 0) is 50.8 Å². The molecule has 1 aromatic heterocycles. The van der Waals surface area contributed by atoms with Gasteiger partial charge in [-0.3, -0.25) is 4.79 Å². The van der Waals surface area contributed by atoms with Gasteiger partial charge in [-0.2, -0.15) is 4.98 Å². The van der Waals surface area contributed by atoms with Gasteiger partial charge >= 0.3 is 0 Å². The molecule has 1 fully saturated rings. The molecule has 1 aliphatic carbocycles. The van der Waals surface area contributed by atoms with Crippen molar-refractivity contribution in [1.82, 2.24) is 15.3 Å². The number of aryl methyl sites for hydroxylation is 1. The number of nitrogens with one attached hydrogen (secondary N) is 2. The first-order chi connectivity index (χ1) is 13.3. The maximum absolute atomic E-state index is 13.5. The normalized spacial score (nSPS) is 19.2. The lowest BCUT2D eigenvalue weighted by Crippen LogP contribution is -2.40. The third kappa shape index (κ3) is 5.10. The van der Waals surface area contributed by atoms with E-state index in [1.165, 1.54) is 18.2 Å². The van der Waals surface area contributed by atoms with E-state index in [2.05, 4.69) is 20.6 Å². The maximum Gasteiger partial charge on any atom is 0.251 e. The van der Waals surface area contributed by atoms with Gasteiger partial charge in [0, 0.05) is 43.5 Å². The molecule has 1 aromatic carbocycles. The second-order valence-electron chi connectivity index (χ2n) is 7.38. The molecule has 6 nitrogen and oxygen atoms in total. The topological polar surface area (TPSA) is 70.2 Å². The first-order valence-electron chi connectivity index (χ1n) is 9.37. The average Bonchev–Trinajstić information content (AvgIpc) is 2.65. The lowest BCUT2D eigenvalue weighted by Gasteiger charge is -2.30. The van der Waals surface area contributed by atoms with E-state index in [9.17, 15) is 9.18 Å². The molecule has 0 bridgehead atoms. The third-order valence-corrected chi connectivity index (χ3v) is 5.18. The Labute approximate surface area is 169 Å². The number of hydrogen-bond acceptors (Lipinski definition) is 5. The molecule has 28 heavy (non-hydrogen) atoms. The average molecular weight is 406 g/mol. The minimum absolute atomic E-state index is 0.0129. The Bertz CT molecular complexity index is 852. The zero-order valence-corrected chi connectivity index (χ0v) is 17.1. The fourth-order valence-electron chi connectivity index (χ4n) is 3.32. The van der Waals surface area contributed by atoms with Gasteiger partial charge in [0.15, 0.2) is 0 Å². The Morgan fingerprint density at radius 1 is 1.14 bits per heavy atom. The van der Waals surface area contributed by atoms with E-state index in [-0.39, 0.29) is 28.6 Å². The molecule has 150 valence electrons. The summed E-state index contributed by atoms with van der Waals surface area (Å²) < 4.78 is 13.5.